The van der Waals surface area contributed by atoms with Crippen molar-refractivity contribution in [3.8, 4) is 11.4 Å². The van der Waals surface area contributed by atoms with E-state index < -0.39 is 10.8 Å². The number of nitrogens with zero attached hydrogens (tertiary/aromatic N) is 5. The number of hydrogen-bond donors (Lipinski definition) is 2. The first-order valence-corrected chi connectivity index (χ1v) is 10.2. The summed E-state index contributed by atoms with van der Waals surface area (Å²) in [5.74, 6) is -1.08. The number of hydrogen-bond acceptors (Lipinski definition) is 8. The van der Waals surface area contributed by atoms with Gasteiger partial charge in [-0.3, -0.25) is 24.4 Å². The van der Waals surface area contributed by atoms with Gasteiger partial charge in [0, 0.05) is 36.5 Å². The van der Waals surface area contributed by atoms with Gasteiger partial charge in [-0.15, -0.1) is 0 Å². The highest BCUT2D eigenvalue weighted by molar-refractivity contribution is 14.1. The summed E-state index contributed by atoms with van der Waals surface area (Å²) in [5, 5.41) is 24.1. The largest absolute Gasteiger partial charge is 0.353 e. The Bertz CT molecular complexity index is 1140. The van der Waals surface area contributed by atoms with Gasteiger partial charge in [0.1, 0.15) is 6.54 Å². The maximum atomic E-state index is 12.1. The summed E-state index contributed by atoms with van der Waals surface area (Å²) in [6.07, 6.45) is 0. The maximum absolute atomic E-state index is 12.1. The average Bonchev–Trinajstić information content (AvgIpc) is 3.33. The molecule has 0 unspecified atom stereocenters. The van der Waals surface area contributed by atoms with E-state index in [9.17, 15) is 19.7 Å². The molecule has 0 fully saturated rings. The lowest BCUT2D eigenvalue weighted by Gasteiger charge is -2.07. The van der Waals surface area contributed by atoms with E-state index in [-0.39, 0.29) is 42.9 Å². The molecule has 0 aliphatic carbocycles. The van der Waals surface area contributed by atoms with Crippen LogP contribution < -0.4 is 10.6 Å². The van der Waals surface area contributed by atoms with Crippen LogP contribution in [-0.4, -0.2) is 49.7 Å². The molecular weight excluding hydrogens is 521 g/mol. The Kier molecular flexibility index (Phi) is 6.94. The van der Waals surface area contributed by atoms with Crippen LogP contribution in [-0.2, 0) is 11.3 Å². The first-order chi connectivity index (χ1) is 14.8. The monoisotopic (exact) mass is 539 g/mol. The minimum absolute atomic E-state index is 0.0571. The highest BCUT2D eigenvalue weighted by atomic mass is 127. The number of benzene rings is 1. The third-order valence-corrected chi connectivity index (χ3v) is 5.82. The molecule has 1 aromatic carbocycles. The van der Waals surface area contributed by atoms with Crippen LogP contribution in [0.3, 0.4) is 0 Å². The number of nitrogens with one attached hydrogen (secondary N) is 2. The first-order valence-electron chi connectivity index (χ1n) is 9.09. The Hall–Kier alpha value is -3.36. The highest BCUT2D eigenvalue weighted by Crippen LogP contribution is 2.21. The molecule has 162 valence electrons. The van der Waals surface area contributed by atoms with Gasteiger partial charge in [0.2, 0.25) is 11.7 Å². The molecule has 0 bridgehead atoms. The number of nitro groups is 1. The van der Waals surface area contributed by atoms with Crippen molar-refractivity contribution in [2.24, 2.45) is 0 Å². The number of carbonyl (C=O) groups excluding carboxylic acids is 2. The fourth-order valence-corrected chi connectivity index (χ4v) is 3.05. The van der Waals surface area contributed by atoms with Crippen molar-refractivity contribution in [2.45, 2.75) is 20.4 Å². The molecule has 2 aromatic heterocycles. The van der Waals surface area contributed by atoms with E-state index >= 15 is 0 Å². The van der Waals surface area contributed by atoms with Crippen LogP contribution in [0.4, 0.5) is 5.69 Å². The van der Waals surface area contributed by atoms with Gasteiger partial charge in [0.15, 0.2) is 0 Å². The number of carbonyl (C=O) groups is 2. The summed E-state index contributed by atoms with van der Waals surface area (Å²) >= 11 is 2.18. The minimum atomic E-state index is -0.619. The van der Waals surface area contributed by atoms with Crippen molar-refractivity contribution >= 4 is 40.1 Å². The molecule has 31 heavy (non-hydrogen) atoms. The molecule has 2 amide bonds. The molecule has 0 saturated heterocycles. The normalized spacial score (nSPS) is 10.7. The fraction of sp³-hybridized carbons (Fsp3) is 0.278. The first kappa shape index (κ1) is 22.3. The molecule has 0 spiro atoms. The molecule has 0 radical (unpaired) electrons. The predicted octanol–water partition coefficient (Wildman–Crippen LogP) is 1.61. The van der Waals surface area contributed by atoms with Crippen molar-refractivity contribution in [3.63, 3.8) is 0 Å². The van der Waals surface area contributed by atoms with Gasteiger partial charge < -0.3 is 15.2 Å². The second-order valence-corrected chi connectivity index (χ2v) is 7.56. The Labute approximate surface area is 189 Å². The maximum Gasteiger partial charge on any atom is 0.316 e. The van der Waals surface area contributed by atoms with Crippen LogP contribution in [0.2, 0.25) is 0 Å². The quantitative estimate of drug-likeness (QED) is 0.189. The molecule has 2 N–H and O–H groups in total. The number of aryl methyl sites for hydroxylation is 1. The van der Waals surface area contributed by atoms with Crippen LogP contribution in [0.5, 0.6) is 0 Å². The molecule has 0 saturated carbocycles. The van der Waals surface area contributed by atoms with Crippen LogP contribution in [0, 0.1) is 27.5 Å². The van der Waals surface area contributed by atoms with Crippen molar-refractivity contribution in [3.05, 3.63) is 55.2 Å². The molecule has 0 atom stereocenters. The standard InChI is InChI=1S/C18H18IN7O5/c1-10-15(19)11(2)25(23-10)9-14(27)20-6-7-21-17(28)18-22-16(24-31-18)12-4-3-5-13(8-12)26(29)30/h3-5,8H,6-7,9H2,1-2H3,(H,20,27)(H,21,28). The summed E-state index contributed by atoms with van der Waals surface area (Å²) in [4.78, 5) is 38.5. The van der Waals surface area contributed by atoms with E-state index in [1.165, 1.54) is 18.2 Å². The molecule has 12 nitrogen and oxygen atoms in total. The van der Waals surface area contributed by atoms with Crippen molar-refractivity contribution < 1.29 is 19.0 Å². The predicted molar refractivity (Wildman–Crippen MR) is 116 cm³/mol. The van der Waals surface area contributed by atoms with Crippen molar-refractivity contribution in [1.29, 1.82) is 0 Å². The summed E-state index contributed by atoms with van der Waals surface area (Å²) in [6, 6.07) is 5.67. The smallest absolute Gasteiger partial charge is 0.316 e. The van der Waals surface area contributed by atoms with Gasteiger partial charge in [0.05, 0.1) is 14.2 Å². The van der Waals surface area contributed by atoms with Gasteiger partial charge >= 0.3 is 11.8 Å². The van der Waals surface area contributed by atoms with E-state index in [0.717, 1.165) is 15.0 Å². The zero-order valence-corrected chi connectivity index (χ0v) is 18.7. The van der Waals surface area contributed by atoms with E-state index in [0.29, 0.717) is 5.56 Å². The Morgan fingerprint density at radius 2 is 2.00 bits per heavy atom. The Balaban J connectivity index is 1.48. The SMILES string of the molecule is Cc1nn(CC(=O)NCCNC(=O)c2nc(-c3cccc([N+](=O)[O-])c3)no2)c(C)c1I. The average molecular weight is 539 g/mol. The minimum Gasteiger partial charge on any atom is -0.353 e. The zero-order chi connectivity index (χ0) is 22.5. The van der Waals surface area contributed by atoms with Gasteiger partial charge in [-0.25, -0.2) is 0 Å². The lowest BCUT2D eigenvalue weighted by molar-refractivity contribution is -0.384. The Morgan fingerprint density at radius 3 is 2.68 bits per heavy atom. The van der Waals surface area contributed by atoms with Gasteiger partial charge in [-0.05, 0) is 36.4 Å². The number of aromatic nitrogens is 4. The molecular formula is C18H18IN7O5. The summed E-state index contributed by atoms with van der Waals surface area (Å²) in [5.41, 5.74) is 2.00. The summed E-state index contributed by atoms with van der Waals surface area (Å²) in [7, 11) is 0. The van der Waals surface area contributed by atoms with E-state index in [1.807, 2.05) is 13.8 Å². The van der Waals surface area contributed by atoms with Crippen LogP contribution in [0.15, 0.2) is 28.8 Å². The lowest BCUT2D eigenvalue weighted by Crippen LogP contribution is -2.36. The second-order valence-electron chi connectivity index (χ2n) is 6.48. The van der Waals surface area contributed by atoms with E-state index in [1.54, 1.807) is 10.7 Å². The van der Waals surface area contributed by atoms with Crippen LogP contribution in [0.25, 0.3) is 11.4 Å². The van der Waals surface area contributed by atoms with Crippen molar-refractivity contribution in [1.82, 2.24) is 30.6 Å². The van der Waals surface area contributed by atoms with Crippen LogP contribution >= 0.6 is 22.6 Å². The Morgan fingerprint density at radius 1 is 1.26 bits per heavy atom. The fourth-order valence-electron chi connectivity index (χ4n) is 2.67. The van der Waals surface area contributed by atoms with Gasteiger partial charge in [-0.1, -0.05) is 17.3 Å². The summed E-state index contributed by atoms with van der Waals surface area (Å²) in [6.45, 7) is 4.20. The number of nitro benzene ring substituents is 1. The molecule has 3 aromatic rings. The lowest BCUT2D eigenvalue weighted by atomic mass is 10.2. The third-order valence-electron chi connectivity index (χ3n) is 4.25. The highest BCUT2D eigenvalue weighted by Gasteiger charge is 2.17. The van der Waals surface area contributed by atoms with Gasteiger partial charge in [0.25, 0.3) is 5.69 Å². The number of non-ortho nitro benzene ring substituents is 1. The van der Waals surface area contributed by atoms with Crippen LogP contribution in [0.1, 0.15) is 22.1 Å². The van der Waals surface area contributed by atoms with E-state index in [2.05, 4.69) is 48.5 Å². The zero-order valence-electron chi connectivity index (χ0n) is 16.6. The third kappa shape index (κ3) is 5.42. The molecule has 2 heterocycles. The van der Waals surface area contributed by atoms with Crippen molar-refractivity contribution in [2.75, 3.05) is 13.1 Å². The molecule has 0 aliphatic rings. The molecule has 13 heteroatoms. The van der Waals surface area contributed by atoms with Gasteiger partial charge in [-0.2, -0.15) is 10.1 Å². The number of rotatable bonds is 8. The molecule has 3 rings (SSSR count). The number of amides is 2. The second kappa shape index (κ2) is 9.63. The topological polar surface area (TPSA) is 158 Å². The van der Waals surface area contributed by atoms with E-state index in [4.69, 9.17) is 4.52 Å². The number of halogens is 1. The molecule has 0 aliphatic heterocycles. The summed E-state index contributed by atoms with van der Waals surface area (Å²) < 4.78 is 7.56.